The summed E-state index contributed by atoms with van der Waals surface area (Å²) >= 11 is 9.20. The zero-order chi connectivity index (χ0) is 12.1. The number of hydrogen-bond acceptors (Lipinski definition) is 1. The molecule has 2 aromatic rings. The van der Waals surface area contributed by atoms with E-state index < -0.39 is 0 Å². The molecule has 0 N–H and O–H groups in total. The Kier molecular flexibility index (Phi) is 4.63. The third-order valence-corrected chi connectivity index (χ3v) is 3.37. The van der Waals surface area contributed by atoms with Gasteiger partial charge in [0.25, 0.3) is 0 Å². The average molecular weight is 314 g/mol. The van der Waals surface area contributed by atoms with Gasteiger partial charge in [-0.05, 0) is 30.5 Å². The molecule has 0 spiro atoms. The van der Waals surface area contributed by atoms with E-state index >= 15 is 0 Å². The highest BCUT2D eigenvalue weighted by atomic mass is 79.9. The molecule has 2 nitrogen and oxygen atoms in total. The Labute approximate surface area is 115 Å². The summed E-state index contributed by atoms with van der Waals surface area (Å²) in [4.78, 5) is 4.20. The lowest BCUT2D eigenvalue weighted by atomic mass is 10.2. The van der Waals surface area contributed by atoms with E-state index in [9.17, 15) is 0 Å². The van der Waals surface area contributed by atoms with Crippen LogP contribution in [0, 0.1) is 0 Å². The normalized spacial score (nSPS) is 10.7. The molecule has 2 rings (SSSR count). The van der Waals surface area contributed by atoms with Crippen molar-refractivity contribution in [3.05, 3.63) is 52.5 Å². The molecule has 17 heavy (non-hydrogen) atoms. The second-order valence-electron chi connectivity index (χ2n) is 3.94. The Morgan fingerprint density at radius 1 is 1.35 bits per heavy atom. The minimum atomic E-state index is 0.696. The van der Waals surface area contributed by atoms with E-state index in [0.717, 1.165) is 23.9 Å². The van der Waals surface area contributed by atoms with Gasteiger partial charge in [-0.25, -0.2) is 4.98 Å². The van der Waals surface area contributed by atoms with Gasteiger partial charge in [0.05, 0.1) is 6.33 Å². The number of imidazole rings is 1. The lowest BCUT2D eigenvalue weighted by Gasteiger charge is -2.08. The van der Waals surface area contributed by atoms with Crippen LogP contribution in [0.3, 0.4) is 0 Å². The molecule has 0 aliphatic heterocycles. The van der Waals surface area contributed by atoms with Gasteiger partial charge >= 0.3 is 0 Å². The number of nitrogens with zero attached hydrogens (tertiary/aromatic N) is 2. The van der Waals surface area contributed by atoms with Gasteiger partial charge in [0.15, 0.2) is 0 Å². The Balaban J connectivity index is 2.10. The highest BCUT2D eigenvalue weighted by molar-refractivity contribution is 9.10. The molecule has 0 radical (unpaired) electrons. The highest BCUT2D eigenvalue weighted by Gasteiger charge is 2.03. The number of rotatable bonds is 5. The first-order chi connectivity index (χ1) is 8.29. The quantitative estimate of drug-likeness (QED) is 0.766. The van der Waals surface area contributed by atoms with E-state index in [1.807, 2.05) is 18.6 Å². The minimum absolute atomic E-state index is 0.696. The van der Waals surface area contributed by atoms with Crippen LogP contribution in [0.25, 0.3) is 0 Å². The summed E-state index contributed by atoms with van der Waals surface area (Å²) in [7, 11) is 0. The predicted octanol–water partition coefficient (Wildman–Crippen LogP) is 3.87. The molecule has 0 aliphatic carbocycles. The van der Waals surface area contributed by atoms with E-state index in [0.29, 0.717) is 5.88 Å². The van der Waals surface area contributed by atoms with E-state index in [2.05, 4.69) is 43.7 Å². The van der Waals surface area contributed by atoms with Gasteiger partial charge in [0.2, 0.25) is 0 Å². The summed E-state index contributed by atoms with van der Waals surface area (Å²) in [6.45, 7) is 0.858. The van der Waals surface area contributed by atoms with Crippen molar-refractivity contribution in [1.29, 1.82) is 0 Å². The maximum atomic E-state index is 5.72. The van der Waals surface area contributed by atoms with Crippen molar-refractivity contribution in [3.8, 4) is 0 Å². The highest BCUT2D eigenvalue weighted by Crippen LogP contribution is 2.14. The van der Waals surface area contributed by atoms with Gasteiger partial charge in [0, 0.05) is 28.8 Å². The van der Waals surface area contributed by atoms with Crippen molar-refractivity contribution >= 4 is 27.5 Å². The van der Waals surface area contributed by atoms with Crippen molar-refractivity contribution in [3.63, 3.8) is 0 Å². The fourth-order valence-electron chi connectivity index (χ4n) is 1.78. The van der Waals surface area contributed by atoms with Crippen LogP contribution in [0.5, 0.6) is 0 Å². The topological polar surface area (TPSA) is 17.8 Å². The summed E-state index contributed by atoms with van der Waals surface area (Å²) < 4.78 is 3.28. The van der Waals surface area contributed by atoms with Crippen molar-refractivity contribution in [2.45, 2.75) is 19.4 Å². The Morgan fingerprint density at radius 2 is 2.24 bits per heavy atom. The standard InChI is InChI=1S/C13H14BrClN2/c14-12-4-1-3-11(7-12)9-17-10-16-8-13(17)5-2-6-15/h1,3-4,7-8,10H,2,5-6,9H2. The monoisotopic (exact) mass is 312 g/mol. The maximum Gasteiger partial charge on any atom is 0.0951 e. The molecule has 0 bridgehead atoms. The van der Waals surface area contributed by atoms with E-state index in [4.69, 9.17) is 11.6 Å². The molecular formula is C13H14BrClN2. The largest absolute Gasteiger partial charge is 0.330 e. The molecule has 0 atom stereocenters. The first-order valence-corrected chi connectivity index (χ1v) is 6.92. The Morgan fingerprint density at radius 3 is 3.00 bits per heavy atom. The number of halogens is 2. The predicted molar refractivity (Wildman–Crippen MR) is 74.5 cm³/mol. The number of hydrogen-bond donors (Lipinski definition) is 0. The van der Waals surface area contributed by atoms with E-state index in [1.165, 1.54) is 11.3 Å². The molecule has 0 amide bonds. The number of alkyl halides is 1. The van der Waals surface area contributed by atoms with Crippen LogP contribution >= 0.6 is 27.5 Å². The van der Waals surface area contributed by atoms with Crippen molar-refractivity contribution in [1.82, 2.24) is 9.55 Å². The maximum absolute atomic E-state index is 5.72. The third-order valence-electron chi connectivity index (χ3n) is 2.61. The molecule has 1 heterocycles. The van der Waals surface area contributed by atoms with Crippen LogP contribution in [-0.4, -0.2) is 15.4 Å². The number of benzene rings is 1. The molecule has 1 aromatic heterocycles. The summed E-state index contributed by atoms with van der Waals surface area (Å²) in [6, 6.07) is 8.34. The molecule has 0 unspecified atom stereocenters. The van der Waals surface area contributed by atoms with Crippen LogP contribution in [0.2, 0.25) is 0 Å². The lowest BCUT2D eigenvalue weighted by molar-refractivity contribution is 0.724. The van der Waals surface area contributed by atoms with Gasteiger partial charge in [-0.1, -0.05) is 28.1 Å². The second-order valence-corrected chi connectivity index (χ2v) is 5.23. The smallest absolute Gasteiger partial charge is 0.0951 e. The van der Waals surface area contributed by atoms with Crippen LogP contribution < -0.4 is 0 Å². The third kappa shape index (κ3) is 3.58. The SMILES string of the molecule is ClCCCc1cncn1Cc1cccc(Br)c1. The van der Waals surface area contributed by atoms with Crippen molar-refractivity contribution < 1.29 is 0 Å². The van der Waals surface area contributed by atoms with Crippen molar-refractivity contribution in [2.75, 3.05) is 5.88 Å². The Hall–Kier alpha value is -0.800. The molecule has 4 heteroatoms. The first-order valence-electron chi connectivity index (χ1n) is 5.59. The van der Waals surface area contributed by atoms with Gasteiger partial charge in [-0.3, -0.25) is 0 Å². The van der Waals surface area contributed by atoms with Crippen LogP contribution in [-0.2, 0) is 13.0 Å². The average Bonchev–Trinajstić information content (AvgIpc) is 2.74. The zero-order valence-electron chi connectivity index (χ0n) is 9.44. The molecule has 0 saturated heterocycles. The zero-order valence-corrected chi connectivity index (χ0v) is 11.8. The van der Waals surface area contributed by atoms with Gasteiger partial charge < -0.3 is 4.57 Å². The lowest BCUT2D eigenvalue weighted by Crippen LogP contribution is -2.03. The summed E-state index contributed by atoms with van der Waals surface area (Å²) in [6.07, 6.45) is 5.78. The molecule has 1 aromatic carbocycles. The van der Waals surface area contributed by atoms with E-state index in [-0.39, 0.29) is 0 Å². The second kappa shape index (κ2) is 6.22. The molecular weight excluding hydrogens is 300 g/mol. The summed E-state index contributed by atoms with van der Waals surface area (Å²) in [5, 5.41) is 0. The van der Waals surface area contributed by atoms with Gasteiger partial charge in [0.1, 0.15) is 0 Å². The first kappa shape index (κ1) is 12.7. The minimum Gasteiger partial charge on any atom is -0.330 e. The van der Waals surface area contributed by atoms with E-state index in [1.54, 1.807) is 0 Å². The van der Waals surface area contributed by atoms with Gasteiger partial charge in [-0.15, -0.1) is 11.6 Å². The fourth-order valence-corrected chi connectivity index (χ4v) is 2.36. The Bertz CT molecular complexity index is 482. The van der Waals surface area contributed by atoms with Crippen LogP contribution in [0.15, 0.2) is 41.3 Å². The fraction of sp³-hybridized carbons (Fsp3) is 0.308. The van der Waals surface area contributed by atoms with Crippen LogP contribution in [0.1, 0.15) is 17.7 Å². The molecule has 0 fully saturated rings. The number of aromatic nitrogens is 2. The molecule has 0 aliphatic rings. The summed E-state index contributed by atoms with van der Waals surface area (Å²) in [5.74, 6) is 0.696. The molecule has 0 saturated carbocycles. The molecule has 90 valence electrons. The number of aryl methyl sites for hydroxylation is 1. The van der Waals surface area contributed by atoms with Crippen molar-refractivity contribution in [2.24, 2.45) is 0 Å². The van der Waals surface area contributed by atoms with Crippen LogP contribution in [0.4, 0.5) is 0 Å². The summed E-state index contributed by atoms with van der Waals surface area (Å²) in [5.41, 5.74) is 2.51. The van der Waals surface area contributed by atoms with Gasteiger partial charge in [-0.2, -0.15) is 0 Å².